The highest BCUT2D eigenvalue weighted by molar-refractivity contribution is 5.95. The zero-order chi connectivity index (χ0) is 38.9. The monoisotopic (exact) mass is 724 g/mol. The van der Waals surface area contributed by atoms with Crippen molar-refractivity contribution in [3.63, 3.8) is 0 Å². The molecule has 7 atom stereocenters. The van der Waals surface area contributed by atoms with Crippen LogP contribution in [0.4, 0.5) is 0 Å². The molecule has 2 saturated heterocycles. The summed E-state index contributed by atoms with van der Waals surface area (Å²) in [6, 6.07) is 5.14. The highest BCUT2D eigenvalue weighted by atomic mass is 16.6. The number of esters is 2. The lowest BCUT2D eigenvalue weighted by molar-refractivity contribution is -0.169. The lowest BCUT2D eigenvalue weighted by Crippen LogP contribution is -2.57. The van der Waals surface area contributed by atoms with Gasteiger partial charge in [0.1, 0.15) is 30.3 Å². The van der Waals surface area contributed by atoms with Crippen molar-refractivity contribution >= 4 is 35.6 Å². The van der Waals surface area contributed by atoms with Crippen LogP contribution in [0.3, 0.4) is 0 Å². The summed E-state index contributed by atoms with van der Waals surface area (Å²) in [5, 5.41) is 2.88. The van der Waals surface area contributed by atoms with E-state index in [1.807, 2.05) is 44.2 Å². The fraction of sp³-hybridized carbons (Fsp3) is 0.650. The molecule has 12 heteroatoms. The van der Waals surface area contributed by atoms with Crippen LogP contribution in [0.5, 0.6) is 0 Å². The number of carbonyl (C=O) groups excluding carboxylic acids is 6. The Labute approximate surface area is 309 Å². The number of nitrogens with zero attached hydrogens (tertiary/aromatic N) is 3. The molecule has 0 radical (unpaired) electrons. The van der Waals surface area contributed by atoms with E-state index < -0.39 is 83.8 Å². The summed E-state index contributed by atoms with van der Waals surface area (Å²) < 4.78 is 12.1. The molecule has 2 aliphatic heterocycles. The van der Waals surface area contributed by atoms with E-state index in [4.69, 9.17) is 9.47 Å². The van der Waals surface area contributed by atoms with Gasteiger partial charge in [-0.25, -0.2) is 9.59 Å². The minimum Gasteiger partial charge on any atom is -0.460 e. The van der Waals surface area contributed by atoms with Gasteiger partial charge < -0.3 is 29.5 Å². The molecule has 1 aromatic rings. The summed E-state index contributed by atoms with van der Waals surface area (Å²) in [5.74, 6) is -5.35. The minimum atomic E-state index is -1.29. The van der Waals surface area contributed by atoms with Gasteiger partial charge in [0.2, 0.25) is 17.7 Å². The van der Waals surface area contributed by atoms with Crippen molar-refractivity contribution in [3.05, 3.63) is 48.6 Å². The largest absolute Gasteiger partial charge is 0.460 e. The predicted molar refractivity (Wildman–Crippen MR) is 197 cm³/mol. The average molecular weight is 725 g/mol. The van der Waals surface area contributed by atoms with Gasteiger partial charge in [0.25, 0.3) is 5.91 Å². The van der Waals surface area contributed by atoms with Crippen LogP contribution in [0, 0.1) is 23.7 Å². The quantitative estimate of drug-likeness (QED) is 0.228. The lowest BCUT2D eigenvalue weighted by Gasteiger charge is -2.36. The van der Waals surface area contributed by atoms with E-state index in [0.29, 0.717) is 32.1 Å². The number of hydrogen-bond donors (Lipinski definition) is 1. The van der Waals surface area contributed by atoms with Crippen molar-refractivity contribution in [2.75, 3.05) is 20.6 Å². The molecular formula is C40H60N4O8. The van der Waals surface area contributed by atoms with E-state index in [-0.39, 0.29) is 24.8 Å². The lowest BCUT2D eigenvalue weighted by atomic mass is 9.95. The van der Waals surface area contributed by atoms with E-state index in [9.17, 15) is 28.8 Å². The third-order valence-electron chi connectivity index (χ3n) is 10.3. The second-order valence-corrected chi connectivity index (χ2v) is 15.3. The van der Waals surface area contributed by atoms with Crippen molar-refractivity contribution < 1.29 is 38.2 Å². The van der Waals surface area contributed by atoms with E-state index >= 15 is 0 Å². The molecule has 288 valence electrons. The third-order valence-corrected chi connectivity index (χ3v) is 10.3. The van der Waals surface area contributed by atoms with Crippen LogP contribution >= 0.6 is 0 Å². The van der Waals surface area contributed by atoms with E-state index in [1.54, 1.807) is 40.7 Å². The molecule has 0 spiro atoms. The molecule has 0 bridgehead atoms. The Bertz CT molecular complexity index is 1430. The van der Waals surface area contributed by atoms with Gasteiger partial charge >= 0.3 is 11.9 Å². The summed E-state index contributed by atoms with van der Waals surface area (Å²) in [7, 11) is 3.02. The van der Waals surface area contributed by atoms with Crippen LogP contribution in [0.2, 0.25) is 0 Å². The summed E-state index contributed by atoms with van der Waals surface area (Å²) in [6.45, 7) is 16.5. The minimum absolute atomic E-state index is 0.0535. The van der Waals surface area contributed by atoms with E-state index in [1.165, 1.54) is 28.8 Å². The van der Waals surface area contributed by atoms with Gasteiger partial charge in [-0.1, -0.05) is 84.9 Å². The Morgan fingerprint density at radius 2 is 1.40 bits per heavy atom. The maximum absolute atomic E-state index is 14.4. The summed E-state index contributed by atoms with van der Waals surface area (Å²) in [6.07, 6.45) is 2.14. The SMILES string of the molecule is C=CCCC[C@H]1OC(=O)[C@H](C(C)C)N(C)C(=O)[C@@H]2CCCN2C(=O)[C@@H](Cc2ccccc2)OC(=O)[C@H](C(C)C)N(C)C(=O)[C@H](C(C)C)NC(=O)[C@H]1C. The maximum atomic E-state index is 14.4. The standard InChI is InChI=1S/C40H60N4O8/c1-11-12-14-21-30-27(8)35(45)41-32(24(2)3)38(48)43(10)34(26(6)7)40(50)52-31(23-28-18-15-13-16-19-28)37(47)44-22-17-20-29(44)36(46)42(9)33(25(4)5)39(49)51-30/h11,13,15-16,18-19,24-27,29-34H,1,12,14,17,20-23H2,2-10H3,(H,41,45)/t27-,29-,30+,31+,32-,33-,34-/m0/s1. The number of ether oxygens (including phenoxy) is 2. The molecule has 52 heavy (non-hydrogen) atoms. The maximum Gasteiger partial charge on any atom is 0.329 e. The highest BCUT2D eigenvalue weighted by Gasteiger charge is 2.45. The van der Waals surface area contributed by atoms with Crippen molar-refractivity contribution in [2.45, 2.75) is 123 Å². The first-order valence-corrected chi connectivity index (χ1v) is 18.7. The van der Waals surface area contributed by atoms with Crippen LogP contribution in [-0.4, -0.2) is 107 Å². The summed E-state index contributed by atoms with van der Waals surface area (Å²) >= 11 is 0. The van der Waals surface area contributed by atoms with Gasteiger partial charge in [-0.3, -0.25) is 19.2 Å². The van der Waals surface area contributed by atoms with Crippen LogP contribution in [0.1, 0.15) is 86.1 Å². The number of fused-ring (bicyclic) bond motifs is 1. The predicted octanol–water partition coefficient (Wildman–Crippen LogP) is 4.16. The first-order chi connectivity index (χ1) is 24.5. The Hall–Kier alpha value is -4.22. The smallest absolute Gasteiger partial charge is 0.329 e. The number of likely N-dealkylation sites (N-methyl/N-ethyl adjacent to an activating group) is 2. The van der Waals surface area contributed by atoms with Gasteiger partial charge in [0.15, 0.2) is 6.10 Å². The molecule has 4 amide bonds. The summed E-state index contributed by atoms with van der Waals surface area (Å²) in [4.78, 5) is 88.8. The molecule has 12 nitrogen and oxygen atoms in total. The van der Waals surface area contributed by atoms with E-state index in [0.717, 1.165) is 5.56 Å². The Kier molecular flexibility index (Phi) is 15.4. The van der Waals surface area contributed by atoms with Crippen LogP contribution in [0.15, 0.2) is 43.0 Å². The Balaban J connectivity index is 2.16. The average Bonchev–Trinajstić information content (AvgIpc) is 3.58. The molecular weight excluding hydrogens is 664 g/mol. The number of allylic oxidation sites excluding steroid dienone is 1. The number of amides is 4. The second-order valence-electron chi connectivity index (χ2n) is 15.3. The van der Waals surface area contributed by atoms with Gasteiger partial charge in [0.05, 0.1) is 5.92 Å². The van der Waals surface area contributed by atoms with Gasteiger partial charge in [-0.05, 0) is 55.4 Å². The number of rotatable bonds is 9. The van der Waals surface area contributed by atoms with Gasteiger partial charge in [0, 0.05) is 27.1 Å². The molecule has 0 saturated carbocycles. The number of nitrogens with one attached hydrogen (secondary N) is 1. The van der Waals surface area contributed by atoms with Crippen LogP contribution < -0.4 is 5.32 Å². The molecule has 3 rings (SSSR count). The Morgan fingerprint density at radius 3 is 1.96 bits per heavy atom. The number of cyclic esters (lactones) is 2. The molecule has 2 heterocycles. The number of hydrogen-bond acceptors (Lipinski definition) is 8. The number of unbranched alkanes of at least 4 members (excludes halogenated alkanes) is 1. The molecule has 2 aliphatic rings. The summed E-state index contributed by atoms with van der Waals surface area (Å²) in [5.41, 5.74) is 0.749. The topological polar surface area (TPSA) is 143 Å². The second kappa shape index (κ2) is 19.0. The first kappa shape index (κ1) is 42.2. The fourth-order valence-corrected chi connectivity index (χ4v) is 7.23. The van der Waals surface area contributed by atoms with Crippen LogP contribution in [0.25, 0.3) is 0 Å². The number of benzene rings is 1. The van der Waals surface area contributed by atoms with Gasteiger partial charge in [-0.15, -0.1) is 6.58 Å². The van der Waals surface area contributed by atoms with E-state index in [2.05, 4.69) is 11.9 Å². The molecule has 2 fully saturated rings. The Morgan fingerprint density at radius 1 is 0.827 bits per heavy atom. The molecule has 1 aromatic carbocycles. The zero-order valence-electron chi connectivity index (χ0n) is 32.5. The number of carbonyl (C=O) groups is 6. The van der Waals surface area contributed by atoms with Crippen molar-refractivity contribution in [1.82, 2.24) is 20.0 Å². The fourth-order valence-electron chi connectivity index (χ4n) is 7.23. The van der Waals surface area contributed by atoms with Gasteiger partial charge in [-0.2, -0.15) is 0 Å². The highest BCUT2D eigenvalue weighted by Crippen LogP contribution is 2.27. The first-order valence-electron chi connectivity index (χ1n) is 18.7. The zero-order valence-corrected chi connectivity index (χ0v) is 32.5. The van der Waals surface area contributed by atoms with Crippen molar-refractivity contribution in [1.29, 1.82) is 0 Å². The van der Waals surface area contributed by atoms with Crippen molar-refractivity contribution in [3.8, 4) is 0 Å². The third kappa shape index (κ3) is 10.2. The molecule has 0 unspecified atom stereocenters. The normalized spacial score (nSPS) is 27.6. The molecule has 0 aromatic heterocycles. The van der Waals surface area contributed by atoms with Crippen LogP contribution in [-0.2, 0) is 44.7 Å². The molecule has 1 N–H and O–H groups in total. The molecule has 0 aliphatic carbocycles. The van der Waals surface area contributed by atoms with Crippen molar-refractivity contribution in [2.24, 2.45) is 23.7 Å².